The van der Waals surface area contributed by atoms with Crippen molar-refractivity contribution in [1.82, 2.24) is 45.5 Å². The highest BCUT2D eigenvalue weighted by Gasteiger charge is 2.27. The summed E-state index contributed by atoms with van der Waals surface area (Å²) in [4.78, 5) is 24.8. The van der Waals surface area contributed by atoms with Crippen molar-refractivity contribution in [2.45, 2.75) is 19.5 Å². The number of aromatic nitrogens is 6. The predicted octanol–water partition coefficient (Wildman–Crippen LogP) is 3.91. The molecular formula is C27H27N9. The molecule has 1 saturated heterocycles. The van der Waals surface area contributed by atoms with Crippen molar-refractivity contribution in [1.29, 1.82) is 0 Å². The lowest BCUT2D eigenvalue weighted by Crippen LogP contribution is -2.58. The largest absolute Gasteiger partial charge is 0.342 e. The van der Waals surface area contributed by atoms with E-state index >= 15 is 0 Å². The van der Waals surface area contributed by atoms with Crippen LogP contribution in [-0.2, 0) is 19.5 Å². The number of nitrogens with one attached hydrogen (secondary N) is 4. The molecular weight excluding hydrogens is 450 g/mol. The first kappa shape index (κ1) is 21.3. The van der Waals surface area contributed by atoms with Crippen molar-refractivity contribution in [3.63, 3.8) is 0 Å². The maximum atomic E-state index is 4.83. The molecule has 0 aliphatic carbocycles. The molecule has 4 heterocycles. The first-order valence-electron chi connectivity index (χ1n) is 12.3. The molecule has 0 spiro atoms. The monoisotopic (exact) mass is 477 g/mol. The predicted molar refractivity (Wildman–Crippen MR) is 139 cm³/mol. The Bertz CT molecular complexity index is 1350. The number of hydrazine groups is 2. The summed E-state index contributed by atoms with van der Waals surface area (Å²) in [5.41, 5.74) is 9.79. The molecule has 180 valence electrons. The number of rotatable bonds is 6. The van der Waals surface area contributed by atoms with E-state index in [9.17, 15) is 0 Å². The van der Waals surface area contributed by atoms with E-state index in [1.165, 1.54) is 0 Å². The Morgan fingerprint density at radius 1 is 0.583 bits per heavy atom. The van der Waals surface area contributed by atoms with Gasteiger partial charge in [-0.3, -0.25) is 0 Å². The maximum absolute atomic E-state index is 4.83. The van der Waals surface area contributed by atoms with Crippen LogP contribution in [0.1, 0.15) is 17.5 Å². The van der Waals surface area contributed by atoms with Crippen molar-refractivity contribution in [2.75, 3.05) is 13.1 Å². The smallest absolute Gasteiger partial charge is 0.122 e. The van der Waals surface area contributed by atoms with Crippen molar-refractivity contribution < 1.29 is 0 Å². The van der Waals surface area contributed by atoms with E-state index in [-0.39, 0.29) is 0 Å². The number of fused-ring (bicyclic) bond motifs is 3. The molecule has 3 aromatic carbocycles. The standard InChI is InChI=1S/C27H27N9/c1-2-8-20-19(7-1)28-25(29-20)13-18-14-35(16-26-30-21-9-3-4-10-22(21)31-26)34-36(15-18)17-27-32-23-11-5-6-12-24(23)33-27/h1-12,18,34H,13-17H2,(H,28,29)(H,30,31)(H,32,33). The number of hydrogen-bond acceptors (Lipinski definition) is 6. The Morgan fingerprint density at radius 3 is 1.47 bits per heavy atom. The van der Waals surface area contributed by atoms with Crippen molar-refractivity contribution in [3.05, 3.63) is 90.3 Å². The average Bonchev–Trinajstić information content (AvgIpc) is 3.58. The molecule has 1 fully saturated rings. The Hall–Kier alpha value is -4.05. The molecule has 0 unspecified atom stereocenters. The van der Waals surface area contributed by atoms with Gasteiger partial charge in [-0.15, -0.1) is 0 Å². The minimum Gasteiger partial charge on any atom is -0.342 e. The minimum absolute atomic E-state index is 0.376. The van der Waals surface area contributed by atoms with Crippen LogP contribution in [0.25, 0.3) is 33.1 Å². The number of imidazole rings is 3. The van der Waals surface area contributed by atoms with Crippen molar-refractivity contribution in [3.8, 4) is 0 Å². The van der Waals surface area contributed by atoms with Gasteiger partial charge in [0.1, 0.15) is 17.5 Å². The molecule has 9 heteroatoms. The Labute approximate surface area is 207 Å². The van der Waals surface area contributed by atoms with E-state index in [4.69, 9.17) is 15.0 Å². The normalized spacial score (nSPS) is 16.0. The zero-order valence-electron chi connectivity index (χ0n) is 19.8. The summed E-state index contributed by atoms with van der Waals surface area (Å²) in [6.07, 6.45) is 0.865. The molecule has 3 aromatic heterocycles. The van der Waals surface area contributed by atoms with E-state index in [1.54, 1.807) is 0 Å². The average molecular weight is 478 g/mol. The summed E-state index contributed by atoms with van der Waals surface area (Å²) >= 11 is 0. The number of benzene rings is 3. The van der Waals surface area contributed by atoms with Gasteiger partial charge in [0, 0.05) is 19.5 Å². The molecule has 1 aliphatic rings. The third-order valence-electron chi connectivity index (χ3n) is 6.72. The van der Waals surface area contributed by atoms with Gasteiger partial charge in [-0.25, -0.2) is 25.0 Å². The molecule has 0 saturated carbocycles. The van der Waals surface area contributed by atoms with Crippen LogP contribution in [0.5, 0.6) is 0 Å². The molecule has 0 amide bonds. The Balaban J connectivity index is 1.13. The van der Waals surface area contributed by atoms with E-state index in [1.807, 2.05) is 48.5 Å². The van der Waals surface area contributed by atoms with Crippen LogP contribution < -0.4 is 5.53 Å². The highest BCUT2D eigenvalue weighted by atomic mass is 15.8. The third-order valence-corrected chi connectivity index (χ3v) is 6.72. The van der Waals surface area contributed by atoms with Crippen LogP contribution in [-0.4, -0.2) is 53.0 Å². The number of H-pyrrole nitrogens is 3. The van der Waals surface area contributed by atoms with E-state index < -0.39 is 0 Å². The van der Waals surface area contributed by atoms with Gasteiger partial charge in [-0.2, -0.15) is 5.53 Å². The van der Waals surface area contributed by atoms with Crippen LogP contribution in [0, 0.1) is 5.92 Å². The van der Waals surface area contributed by atoms with Crippen molar-refractivity contribution in [2.24, 2.45) is 5.92 Å². The Kier molecular flexibility index (Phi) is 5.24. The van der Waals surface area contributed by atoms with E-state index in [0.29, 0.717) is 19.0 Å². The lowest BCUT2D eigenvalue weighted by molar-refractivity contribution is -0.0564. The lowest BCUT2D eigenvalue weighted by Gasteiger charge is -2.40. The molecule has 6 aromatic rings. The summed E-state index contributed by atoms with van der Waals surface area (Å²) < 4.78 is 0. The maximum Gasteiger partial charge on any atom is 0.122 e. The second kappa shape index (κ2) is 8.87. The molecule has 1 aliphatic heterocycles. The summed E-state index contributed by atoms with van der Waals surface area (Å²) in [6, 6.07) is 24.5. The zero-order chi connectivity index (χ0) is 23.9. The van der Waals surface area contributed by atoms with Crippen LogP contribution >= 0.6 is 0 Å². The van der Waals surface area contributed by atoms with Gasteiger partial charge < -0.3 is 15.0 Å². The number of para-hydroxylation sites is 6. The second-order valence-corrected chi connectivity index (χ2v) is 9.53. The van der Waals surface area contributed by atoms with Gasteiger partial charge >= 0.3 is 0 Å². The molecule has 9 nitrogen and oxygen atoms in total. The molecule has 4 N–H and O–H groups in total. The SMILES string of the molecule is c1ccc2[nH]c(CC3CN(Cc4nc5ccccc5[nH]4)NN(Cc4nc5ccccc5[nH]4)C3)nc2c1. The molecule has 7 rings (SSSR count). The quantitative estimate of drug-likeness (QED) is 0.290. The Morgan fingerprint density at radius 2 is 1.00 bits per heavy atom. The topological polar surface area (TPSA) is 105 Å². The number of nitrogens with zero attached hydrogens (tertiary/aromatic N) is 5. The van der Waals surface area contributed by atoms with Crippen LogP contribution in [0.2, 0.25) is 0 Å². The minimum atomic E-state index is 0.376. The number of aromatic amines is 3. The fourth-order valence-electron chi connectivity index (χ4n) is 5.19. The number of hydrogen-bond donors (Lipinski definition) is 4. The summed E-state index contributed by atoms with van der Waals surface area (Å²) in [7, 11) is 0. The van der Waals surface area contributed by atoms with E-state index in [0.717, 1.165) is 70.1 Å². The highest BCUT2D eigenvalue weighted by Crippen LogP contribution is 2.20. The first-order chi connectivity index (χ1) is 17.7. The fourth-order valence-corrected chi connectivity index (χ4v) is 5.19. The molecule has 0 atom stereocenters. The fraction of sp³-hybridized carbons (Fsp3) is 0.222. The van der Waals surface area contributed by atoms with Gasteiger partial charge in [-0.05, 0) is 42.3 Å². The highest BCUT2D eigenvalue weighted by molar-refractivity contribution is 5.76. The first-order valence-corrected chi connectivity index (χ1v) is 12.3. The van der Waals surface area contributed by atoms with Gasteiger partial charge in [0.15, 0.2) is 0 Å². The van der Waals surface area contributed by atoms with Crippen LogP contribution in [0.3, 0.4) is 0 Å². The van der Waals surface area contributed by atoms with Crippen LogP contribution in [0.15, 0.2) is 72.8 Å². The summed E-state index contributed by atoms with van der Waals surface area (Å²) in [6.45, 7) is 3.10. The van der Waals surface area contributed by atoms with Gasteiger partial charge in [-0.1, -0.05) is 36.4 Å². The molecule has 0 bridgehead atoms. The summed E-state index contributed by atoms with van der Waals surface area (Å²) in [5.74, 6) is 3.28. The summed E-state index contributed by atoms with van der Waals surface area (Å²) in [5, 5.41) is 4.47. The van der Waals surface area contributed by atoms with Gasteiger partial charge in [0.2, 0.25) is 0 Å². The van der Waals surface area contributed by atoms with E-state index in [2.05, 4.69) is 54.8 Å². The zero-order valence-corrected chi connectivity index (χ0v) is 19.8. The second-order valence-electron chi connectivity index (χ2n) is 9.53. The molecule has 0 radical (unpaired) electrons. The van der Waals surface area contributed by atoms with Gasteiger partial charge in [0.25, 0.3) is 0 Å². The third kappa shape index (κ3) is 4.24. The van der Waals surface area contributed by atoms with Gasteiger partial charge in [0.05, 0.1) is 46.2 Å². The molecule has 36 heavy (non-hydrogen) atoms. The van der Waals surface area contributed by atoms with Crippen molar-refractivity contribution >= 4 is 33.1 Å². The van der Waals surface area contributed by atoms with Crippen LogP contribution in [0.4, 0.5) is 0 Å². The lowest BCUT2D eigenvalue weighted by atomic mass is 10.0.